The summed E-state index contributed by atoms with van der Waals surface area (Å²) in [7, 11) is 1.58. The summed E-state index contributed by atoms with van der Waals surface area (Å²) < 4.78 is 7.16. The lowest BCUT2D eigenvalue weighted by Crippen LogP contribution is -2.32. The number of para-hydroxylation sites is 2. The molecule has 8 heteroatoms. The molecule has 0 bridgehead atoms. The van der Waals surface area contributed by atoms with Crippen LogP contribution >= 0.6 is 11.8 Å². The third-order valence-corrected chi connectivity index (χ3v) is 6.94. The minimum Gasteiger partial charge on any atom is -0.495 e. The summed E-state index contributed by atoms with van der Waals surface area (Å²) >= 11 is 1.35. The molecular formula is C24H34N4O3S. The molecule has 3 rings (SSSR count). The molecule has 1 aliphatic carbocycles. The maximum atomic E-state index is 12.9. The van der Waals surface area contributed by atoms with Crippen LogP contribution in [0.2, 0.25) is 0 Å². The monoisotopic (exact) mass is 458 g/mol. The van der Waals surface area contributed by atoms with Gasteiger partial charge in [0.25, 0.3) is 0 Å². The van der Waals surface area contributed by atoms with Gasteiger partial charge in [-0.2, -0.15) is 4.98 Å². The lowest BCUT2D eigenvalue weighted by Gasteiger charge is -2.23. The number of hydrogen-bond donors (Lipinski definition) is 1. The van der Waals surface area contributed by atoms with Gasteiger partial charge in [0.05, 0.1) is 18.6 Å². The van der Waals surface area contributed by atoms with Gasteiger partial charge in [-0.05, 0) is 63.9 Å². The number of rotatable bonds is 11. The van der Waals surface area contributed by atoms with Crippen LogP contribution in [0.4, 0.5) is 5.69 Å². The molecule has 1 N–H and O–H groups in total. The van der Waals surface area contributed by atoms with Crippen LogP contribution in [0, 0.1) is 0 Å². The predicted octanol–water partition coefficient (Wildman–Crippen LogP) is 3.59. The number of nitrogens with zero attached hydrogens (tertiary/aromatic N) is 3. The topological polar surface area (TPSA) is 76.5 Å². The largest absolute Gasteiger partial charge is 0.495 e. The molecule has 0 saturated carbocycles. The van der Waals surface area contributed by atoms with Crippen molar-refractivity contribution in [2.24, 2.45) is 0 Å². The van der Waals surface area contributed by atoms with Crippen LogP contribution in [0.5, 0.6) is 5.75 Å². The standard InChI is InChI=1S/C24H34N4O3S/c1-4-27(5-2)15-10-16-28-20-13-8-6-11-18(20)23(26-24(28)30)32-17-22(29)25-19-12-7-9-14-21(19)31-3/h7,9,12,14H,4-6,8,10-11,13,15-17H2,1-3H3,(H,25,29). The number of carbonyl (C=O) groups is 1. The van der Waals surface area contributed by atoms with E-state index in [0.717, 1.165) is 63.0 Å². The normalized spacial score (nSPS) is 13.1. The summed E-state index contributed by atoms with van der Waals surface area (Å²) in [4.78, 5) is 32.1. The molecule has 1 aromatic heterocycles. The molecule has 7 nitrogen and oxygen atoms in total. The fourth-order valence-electron chi connectivity index (χ4n) is 4.16. The van der Waals surface area contributed by atoms with Crippen LogP contribution < -0.4 is 15.7 Å². The van der Waals surface area contributed by atoms with Crippen LogP contribution in [-0.4, -0.2) is 52.9 Å². The maximum Gasteiger partial charge on any atom is 0.348 e. The molecule has 32 heavy (non-hydrogen) atoms. The molecule has 1 aliphatic rings. The Morgan fingerprint density at radius 2 is 1.97 bits per heavy atom. The van der Waals surface area contributed by atoms with Gasteiger partial charge in [0.2, 0.25) is 5.91 Å². The molecule has 0 atom stereocenters. The number of ether oxygens (including phenoxy) is 1. The Balaban J connectivity index is 1.70. The summed E-state index contributed by atoms with van der Waals surface area (Å²) in [5.41, 5.74) is 2.70. The Bertz CT molecular complexity index is 972. The highest BCUT2D eigenvalue weighted by Crippen LogP contribution is 2.29. The first kappa shape index (κ1) is 24.3. The fourth-order valence-corrected chi connectivity index (χ4v) is 5.03. The van der Waals surface area contributed by atoms with Crippen molar-refractivity contribution in [2.75, 3.05) is 37.8 Å². The van der Waals surface area contributed by atoms with E-state index in [4.69, 9.17) is 4.74 Å². The minimum absolute atomic E-state index is 0.144. The molecule has 174 valence electrons. The maximum absolute atomic E-state index is 12.9. The number of amides is 1. The van der Waals surface area contributed by atoms with Crippen LogP contribution in [0.15, 0.2) is 34.1 Å². The number of thioether (sulfide) groups is 1. The third-order valence-electron chi connectivity index (χ3n) is 5.92. The van der Waals surface area contributed by atoms with Crippen LogP contribution in [-0.2, 0) is 24.2 Å². The number of aromatic nitrogens is 2. The lowest BCUT2D eigenvalue weighted by atomic mass is 9.97. The molecule has 0 unspecified atom stereocenters. The second-order valence-corrected chi connectivity index (χ2v) is 8.87. The highest BCUT2D eigenvalue weighted by Gasteiger charge is 2.21. The number of nitrogens with one attached hydrogen (secondary N) is 1. The van der Waals surface area contributed by atoms with E-state index < -0.39 is 0 Å². The van der Waals surface area contributed by atoms with Crippen molar-refractivity contribution in [3.8, 4) is 5.75 Å². The summed E-state index contributed by atoms with van der Waals surface area (Å²) in [5.74, 6) is 0.672. The smallest absolute Gasteiger partial charge is 0.348 e. The fraction of sp³-hybridized carbons (Fsp3) is 0.542. The van der Waals surface area contributed by atoms with E-state index in [1.54, 1.807) is 19.2 Å². The highest BCUT2D eigenvalue weighted by molar-refractivity contribution is 8.00. The van der Waals surface area contributed by atoms with Gasteiger partial charge in [0.15, 0.2) is 0 Å². The number of methoxy groups -OCH3 is 1. The number of fused-ring (bicyclic) bond motifs is 1. The van der Waals surface area contributed by atoms with E-state index in [-0.39, 0.29) is 17.3 Å². The van der Waals surface area contributed by atoms with Crippen molar-refractivity contribution >= 4 is 23.4 Å². The Kier molecular flexibility index (Phi) is 9.17. The molecule has 0 spiro atoms. The molecule has 0 aliphatic heterocycles. The molecule has 1 heterocycles. The Labute approximate surface area is 194 Å². The van der Waals surface area contributed by atoms with Gasteiger partial charge in [0, 0.05) is 17.8 Å². The van der Waals surface area contributed by atoms with E-state index in [1.165, 1.54) is 11.8 Å². The molecule has 2 aromatic rings. The van der Waals surface area contributed by atoms with Crippen molar-refractivity contribution in [2.45, 2.75) is 57.5 Å². The molecular weight excluding hydrogens is 424 g/mol. The van der Waals surface area contributed by atoms with Gasteiger partial charge < -0.3 is 15.0 Å². The second-order valence-electron chi connectivity index (χ2n) is 7.90. The number of anilines is 1. The van der Waals surface area contributed by atoms with E-state index in [0.29, 0.717) is 23.0 Å². The molecule has 0 radical (unpaired) electrons. The lowest BCUT2D eigenvalue weighted by molar-refractivity contribution is -0.113. The zero-order valence-corrected chi connectivity index (χ0v) is 20.2. The molecule has 1 aromatic carbocycles. The first-order chi connectivity index (χ1) is 15.6. The van der Waals surface area contributed by atoms with Crippen molar-refractivity contribution < 1.29 is 9.53 Å². The average molecular weight is 459 g/mol. The summed E-state index contributed by atoms with van der Waals surface area (Å²) in [6, 6.07) is 7.32. The second kappa shape index (κ2) is 12.1. The zero-order valence-electron chi connectivity index (χ0n) is 19.4. The molecule has 1 amide bonds. The van der Waals surface area contributed by atoms with Gasteiger partial charge in [-0.25, -0.2) is 4.79 Å². The predicted molar refractivity (Wildman–Crippen MR) is 130 cm³/mol. The summed E-state index contributed by atoms with van der Waals surface area (Å²) in [6.07, 6.45) is 4.93. The van der Waals surface area contributed by atoms with Gasteiger partial charge in [-0.1, -0.05) is 37.7 Å². The van der Waals surface area contributed by atoms with Crippen LogP contribution in [0.3, 0.4) is 0 Å². The highest BCUT2D eigenvalue weighted by atomic mass is 32.2. The first-order valence-corrected chi connectivity index (χ1v) is 12.5. The van der Waals surface area contributed by atoms with Gasteiger partial charge in [-0.15, -0.1) is 0 Å². The van der Waals surface area contributed by atoms with E-state index in [9.17, 15) is 9.59 Å². The Hall–Kier alpha value is -2.32. The Morgan fingerprint density at radius 3 is 2.72 bits per heavy atom. The average Bonchev–Trinajstić information content (AvgIpc) is 2.82. The third kappa shape index (κ3) is 6.13. The van der Waals surface area contributed by atoms with E-state index in [1.807, 2.05) is 16.7 Å². The van der Waals surface area contributed by atoms with Gasteiger partial charge in [-0.3, -0.25) is 9.36 Å². The van der Waals surface area contributed by atoms with Crippen LogP contribution in [0.25, 0.3) is 0 Å². The van der Waals surface area contributed by atoms with E-state index >= 15 is 0 Å². The van der Waals surface area contributed by atoms with Crippen molar-refractivity contribution in [1.82, 2.24) is 14.5 Å². The van der Waals surface area contributed by atoms with Gasteiger partial charge >= 0.3 is 5.69 Å². The summed E-state index contributed by atoms with van der Waals surface area (Å²) in [6.45, 7) is 8.05. The zero-order chi connectivity index (χ0) is 22.9. The SMILES string of the molecule is CCN(CC)CCCn1c2c(c(SCC(=O)Nc3ccccc3OC)nc1=O)CCCC2. The Morgan fingerprint density at radius 1 is 1.22 bits per heavy atom. The number of hydrogen-bond acceptors (Lipinski definition) is 6. The van der Waals surface area contributed by atoms with Crippen LogP contribution in [0.1, 0.15) is 44.4 Å². The minimum atomic E-state index is -0.196. The summed E-state index contributed by atoms with van der Waals surface area (Å²) in [5, 5.41) is 3.59. The first-order valence-electron chi connectivity index (χ1n) is 11.5. The van der Waals surface area contributed by atoms with Crippen molar-refractivity contribution in [1.29, 1.82) is 0 Å². The molecule has 0 saturated heterocycles. The number of carbonyl (C=O) groups excluding carboxylic acids is 1. The van der Waals surface area contributed by atoms with E-state index in [2.05, 4.69) is 29.0 Å². The quantitative estimate of drug-likeness (QED) is 0.410. The van der Waals surface area contributed by atoms with Crippen molar-refractivity contribution in [3.63, 3.8) is 0 Å². The molecule has 0 fully saturated rings. The van der Waals surface area contributed by atoms with Crippen molar-refractivity contribution in [3.05, 3.63) is 46.0 Å². The number of benzene rings is 1. The van der Waals surface area contributed by atoms with Gasteiger partial charge in [0.1, 0.15) is 10.8 Å².